The van der Waals surface area contributed by atoms with Gasteiger partial charge in [-0.2, -0.15) is 0 Å². The van der Waals surface area contributed by atoms with Crippen molar-refractivity contribution in [2.75, 3.05) is 0 Å². The zero-order chi connectivity index (χ0) is 19.6. The van der Waals surface area contributed by atoms with E-state index in [2.05, 4.69) is 20.8 Å². The van der Waals surface area contributed by atoms with Gasteiger partial charge in [0.15, 0.2) is 0 Å². The van der Waals surface area contributed by atoms with E-state index in [1.54, 1.807) is 18.2 Å². The van der Waals surface area contributed by atoms with Gasteiger partial charge in [0, 0.05) is 5.56 Å². The number of amidine groups is 1. The second-order valence-electron chi connectivity index (χ2n) is 7.96. The second-order valence-corrected chi connectivity index (χ2v) is 7.96. The van der Waals surface area contributed by atoms with E-state index in [0.29, 0.717) is 16.9 Å². The monoisotopic (exact) mass is 360 g/mol. The molecule has 0 aromatic heterocycles. The summed E-state index contributed by atoms with van der Waals surface area (Å²) in [5.41, 5.74) is 8.10. The predicted molar refractivity (Wildman–Crippen MR) is 110 cm³/mol. The first kappa shape index (κ1) is 18.6. The molecule has 0 fully saturated rings. The Balaban J connectivity index is 1.75. The summed E-state index contributed by atoms with van der Waals surface area (Å²) < 4.78 is 5.50. The lowest BCUT2D eigenvalue weighted by Crippen LogP contribution is -2.11. The number of nitrogen functional groups attached to an aromatic ring is 1. The maximum Gasteiger partial charge on any atom is 0.343 e. The first-order chi connectivity index (χ1) is 12.7. The highest BCUT2D eigenvalue weighted by molar-refractivity contribution is 6.01. The minimum atomic E-state index is -0.392. The van der Waals surface area contributed by atoms with Crippen molar-refractivity contribution in [3.8, 4) is 5.75 Å². The van der Waals surface area contributed by atoms with Crippen molar-refractivity contribution >= 4 is 22.6 Å². The number of rotatable bonds is 4. The molecule has 0 atom stereocenters. The Bertz CT molecular complexity index is 999. The zero-order valence-electron chi connectivity index (χ0n) is 15.9. The third-order valence-electron chi connectivity index (χ3n) is 4.26. The van der Waals surface area contributed by atoms with Gasteiger partial charge in [0.25, 0.3) is 0 Å². The number of benzene rings is 3. The lowest BCUT2D eigenvalue weighted by Gasteiger charge is -2.18. The van der Waals surface area contributed by atoms with Gasteiger partial charge in [-0.25, -0.2) is 4.79 Å². The van der Waals surface area contributed by atoms with Gasteiger partial charge in [0.2, 0.25) is 0 Å². The molecule has 0 saturated carbocycles. The fourth-order valence-corrected chi connectivity index (χ4v) is 2.99. The highest BCUT2D eigenvalue weighted by Crippen LogP contribution is 2.23. The maximum absolute atomic E-state index is 12.5. The van der Waals surface area contributed by atoms with Crippen LogP contribution in [0.1, 0.15) is 42.3 Å². The Labute approximate surface area is 159 Å². The molecule has 4 heteroatoms. The Hall–Kier alpha value is -3.14. The minimum Gasteiger partial charge on any atom is -0.423 e. The molecule has 3 aromatic rings. The topological polar surface area (TPSA) is 76.2 Å². The fraction of sp³-hybridized carbons (Fsp3) is 0.217. The van der Waals surface area contributed by atoms with E-state index in [1.807, 2.05) is 42.5 Å². The Morgan fingerprint density at radius 1 is 0.926 bits per heavy atom. The smallest absolute Gasteiger partial charge is 0.343 e. The van der Waals surface area contributed by atoms with Crippen molar-refractivity contribution in [1.82, 2.24) is 0 Å². The molecule has 0 saturated heterocycles. The van der Waals surface area contributed by atoms with Gasteiger partial charge in [0.05, 0.1) is 5.56 Å². The van der Waals surface area contributed by atoms with Crippen LogP contribution in [0.15, 0.2) is 60.7 Å². The van der Waals surface area contributed by atoms with E-state index >= 15 is 0 Å². The molecule has 4 nitrogen and oxygen atoms in total. The quantitative estimate of drug-likeness (QED) is 0.300. The molecular weight excluding hydrogens is 336 g/mol. The largest absolute Gasteiger partial charge is 0.423 e. The summed E-state index contributed by atoms with van der Waals surface area (Å²) in [7, 11) is 0. The number of hydrogen-bond acceptors (Lipinski definition) is 3. The van der Waals surface area contributed by atoms with Gasteiger partial charge in [0.1, 0.15) is 11.6 Å². The molecule has 0 spiro atoms. The standard InChI is InChI=1S/C23H24N2O2/c1-23(2,3)14-15-4-10-20(11-5-15)27-22(26)19-9-7-16-12-18(21(24)25)8-6-17(16)13-19/h4-13H,14H2,1-3H3,(H3,24,25). The normalized spacial score (nSPS) is 11.4. The van der Waals surface area contributed by atoms with E-state index < -0.39 is 5.97 Å². The molecule has 0 heterocycles. The Morgan fingerprint density at radius 3 is 2.04 bits per heavy atom. The van der Waals surface area contributed by atoms with Gasteiger partial charge < -0.3 is 10.5 Å². The summed E-state index contributed by atoms with van der Waals surface area (Å²) in [5, 5.41) is 9.33. The van der Waals surface area contributed by atoms with Crippen molar-refractivity contribution < 1.29 is 9.53 Å². The number of esters is 1. The molecule has 3 N–H and O–H groups in total. The number of hydrogen-bond donors (Lipinski definition) is 2. The number of carbonyl (C=O) groups excluding carboxylic acids is 1. The maximum atomic E-state index is 12.5. The summed E-state index contributed by atoms with van der Waals surface area (Å²) in [5.74, 6) is 0.163. The van der Waals surface area contributed by atoms with Crippen LogP contribution in [0, 0.1) is 10.8 Å². The SMILES string of the molecule is CC(C)(C)Cc1ccc(OC(=O)c2ccc3cc(C(=N)N)ccc3c2)cc1. The number of ether oxygens (including phenoxy) is 1. The van der Waals surface area contributed by atoms with E-state index in [1.165, 1.54) is 5.56 Å². The van der Waals surface area contributed by atoms with Gasteiger partial charge in [-0.15, -0.1) is 0 Å². The van der Waals surface area contributed by atoms with Crippen molar-refractivity contribution in [3.05, 3.63) is 77.4 Å². The lowest BCUT2D eigenvalue weighted by atomic mass is 9.88. The average Bonchev–Trinajstić information content (AvgIpc) is 2.61. The molecule has 0 aliphatic carbocycles. The highest BCUT2D eigenvalue weighted by atomic mass is 16.5. The van der Waals surface area contributed by atoms with E-state index in [4.69, 9.17) is 15.9 Å². The fourth-order valence-electron chi connectivity index (χ4n) is 2.99. The van der Waals surface area contributed by atoms with Crippen LogP contribution in [0.25, 0.3) is 10.8 Å². The van der Waals surface area contributed by atoms with Gasteiger partial charge in [-0.1, -0.05) is 51.1 Å². The molecular formula is C23H24N2O2. The van der Waals surface area contributed by atoms with Crippen LogP contribution in [-0.4, -0.2) is 11.8 Å². The number of carbonyl (C=O) groups is 1. The van der Waals surface area contributed by atoms with Gasteiger partial charge in [-0.05, 0) is 58.5 Å². The summed E-state index contributed by atoms with van der Waals surface area (Å²) in [4.78, 5) is 12.5. The molecule has 0 unspecified atom stereocenters. The average molecular weight is 360 g/mol. The van der Waals surface area contributed by atoms with Crippen molar-refractivity contribution in [2.45, 2.75) is 27.2 Å². The number of nitrogens with two attached hydrogens (primary N) is 1. The number of fused-ring (bicyclic) bond motifs is 1. The Morgan fingerprint density at radius 2 is 1.48 bits per heavy atom. The lowest BCUT2D eigenvalue weighted by molar-refractivity contribution is 0.0735. The van der Waals surface area contributed by atoms with Crippen LogP contribution in [-0.2, 0) is 6.42 Å². The molecule has 0 bridgehead atoms. The number of nitrogens with one attached hydrogen (secondary N) is 1. The van der Waals surface area contributed by atoms with E-state index in [-0.39, 0.29) is 11.3 Å². The first-order valence-corrected chi connectivity index (χ1v) is 8.91. The van der Waals surface area contributed by atoms with Crippen LogP contribution in [0.5, 0.6) is 5.75 Å². The van der Waals surface area contributed by atoms with Crippen LogP contribution in [0.3, 0.4) is 0 Å². The van der Waals surface area contributed by atoms with Crippen LogP contribution in [0.4, 0.5) is 0 Å². The molecule has 3 aromatic carbocycles. The second kappa shape index (κ2) is 7.23. The zero-order valence-corrected chi connectivity index (χ0v) is 15.9. The molecule has 27 heavy (non-hydrogen) atoms. The van der Waals surface area contributed by atoms with Crippen LogP contribution in [0.2, 0.25) is 0 Å². The summed E-state index contributed by atoms with van der Waals surface area (Å²) in [6.45, 7) is 6.58. The Kier molecular flexibility index (Phi) is 5.00. The first-order valence-electron chi connectivity index (χ1n) is 8.91. The van der Waals surface area contributed by atoms with Crippen LogP contribution >= 0.6 is 0 Å². The highest BCUT2D eigenvalue weighted by Gasteiger charge is 2.13. The molecule has 138 valence electrons. The molecule has 0 amide bonds. The molecule has 0 radical (unpaired) electrons. The van der Waals surface area contributed by atoms with Crippen molar-refractivity contribution in [3.63, 3.8) is 0 Å². The van der Waals surface area contributed by atoms with E-state index in [0.717, 1.165) is 17.2 Å². The third kappa shape index (κ3) is 4.73. The molecule has 0 aliphatic rings. The predicted octanol–water partition coefficient (Wildman–Crippen LogP) is 4.93. The summed E-state index contributed by atoms with van der Waals surface area (Å²) >= 11 is 0. The van der Waals surface area contributed by atoms with Gasteiger partial charge in [-0.3, -0.25) is 5.41 Å². The summed E-state index contributed by atoms with van der Waals surface area (Å²) in [6.07, 6.45) is 0.966. The van der Waals surface area contributed by atoms with Crippen LogP contribution < -0.4 is 10.5 Å². The minimum absolute atomic E-state index is 0.0234. The molecule has 3 rings (SSSR count). The molecule has 0 aliphatic heterocycles. The third-order valence-corrected chi connectivity index (χ3v) is 4.26. The van der Waals surface area contributed by atoms with Crippen molar-refractivity contribution in [2.24, 2.45) is 11.1 Å². The van der Waals surface area contributed by atoms with E-state index in [9.17, 15) is 4.79 Å². The van der Waals surface area contributed by atoms with Crippen molar-refractivity contribution in [1.29, 1.82) is 5.41 Å². The summed E-state index contributed by atoms with van der Waals surface area (Å²) in [6, 6.07) is 18.5. The van der Waals surface area contributed by atoms with Gasteiger partial charge >= 0.3 is 5.97 Å².